The van der Waals surface area contributed by atoms with Gasteiger partial charge in [-0.2, -0.15) is 5.10 Å². The van der Waals surface area contributed by atoms with Crippen LogP contribution in [0.2, 0.25) is 0 Å². The van der Waals surface area contributed by atoms with E-state index < -0.39 is 17.9 Å². The molecule has 0 atom stereocenters. The van der Waals surface area contributed by atoms with Gasteiger partial charge in [-0.3, -0.25) is 9.48 Å². The minimum atomic E-state index is -4.80. The van der Waals surface area contributed by atoms with Gasteiger partial charge in [-0.05, 0) is 67.8 Å². The minimum Gasteiger partial charge on any atom is -0.406 e. The van der Waals surface area contributed by atoms with Crippen LogP contribution in [-0.4, -0.2) is 40.0 Å². The summed E-state index contributed by atoms with van der Waals surface area (Å²) >= 11 is 0. The molecule has 0 spiro atoms. The van der Waals surface area contributed by atoms with E-state index in [0.29, 0.717) is 17.8 Å². The highest BCUT2D eigenvalue weighted by Gasteiger charge is 2.31. The summed E-state index contributed by atoms with van der Waals surface area (Å²) in [6, 6.07) is 13.6. The first-order chi connectivity index (χ1) is 16.2. The Balaban J connectivity index is 1.47. The summed E-state index contributed by atoms with van der Waals surface area (Å²) in [5.74, 6) is -1.04. The van der Waals surface area contributed by atoms with Gasteiger partial charge < -0.3 is 9.64 Å². The molecule has 9 heteroatoms. The van der Waals surface area contributed by atoms with E-state index >= 15 is 0 Å². The molecule has 0 N–H and O–H groups in total. The summed E-state index contributed by atoms with van der Waals surface area (Å²) < 4.78 is 57.0. The third-order valence-electron chi connectivity index (χ3n) is 5.54. The molecular formula is C25H23F4N3O2. The number of aromatic nitrogens is 2. The van der Waals surface area contributed by atoms with Gasteiger partial charge in [0.25, 0.3) is 5.91 Å². The van der Waals surface area contributed by atoms with E-state index in [9.17, 15) is 22.4 Å². The number of ether oxygens (including phenoxy) is 1. The van der Waals surface area contributed by atoms with Crippen molar-refractivity contribution in [2.45, 2.75) is 32.7 Å². The largest absolute Gasteiger partial charge is 0.573 e. The zero-order valence-electron chi connectivity index (χ0n) is 18.5. The number of benzene rings is 2. The second-order valence-corrected chi connectivity index (χ2v) is 8.13. The van der Waals surface area contributed by atoms with Gasteiger partial charge in [0.05, 0.1) is 12.2 Å². The van der Waals surface area contributed by atoms with Crippen molar-refractivity contribution in [2.75, 3.05) is 13.1 Å². The molecule has 1 fully saturated rings. The molecule has 0 unspecified atom stereocenters. The highest BCUT2D eigenvalue weighted by atomic mass is 19.4. The Hall–Kier alpha value is -3.62. The molecule has 2 aromatic carbocycles. The number of amides is 1. The van der Waals surface area contributed by atoms with Gasteiger partial charge in [-0.25, -0.2) is 4.39 Å². The third kappa shape index (κ3) is 5.84. The van der Waals surface area contributed by atoms with Crippen LogP contribution in [0.15, 0.2) is 54.6 Å². The van der Waals surface area contributed by atoms with E-state index in [1.54, 1.807) is 16.8 Å². The van der Waals surface area contributed by atoms with E-state index in [1.807, 2.05) is 30.0 Å². The SMILES string of the molecule is Cc1cc(/C=C(\F)c2ccc(OC(F)(F)F)cc2)nn1Cc1cccc(C(=O)N2CCCC2)c1. The van der Waals surface area contributed by atoms with E-state index in [4.69, 9.17) is 0 Å². The van der Waals surface area contributed by atoms with Gasteiger partial charge in [-0.1, -0.05) is 12.1 Å². The number of rotatable bonds is 6. The lowest BCUT2D eigenvalue weighted by molar-refractivity contribution is -0.274. The molecular weight excluding hydrogens is 450 g/mol. The van der Waals surface area contributed by atoms with E-state index in [2.05, 4.69) is 9.84 Å². The summed E-state index contributed by atoms with van der Waals surface area (Å²) in [6.07, 6.45) is -1.54. The summed E-state index contributed by atoms with van der Waals surface area (Å²) in [5.41, 5.74) is 2.80. The second-order valence-electron chi connectivity index (χ2n) is 8.13. The van der Waals surface area contributed by atoms with Crippen LogP contribution in [0.4, 0.5) is 17.6 Å². The maximum absolute atomic E-state index is 14.7. The van der Waals surface area contributed by atoms with Crippen molar-refractivity contribution in [3.8, 4) is 5.75 Å². The minimum absolute atomic E-state index is 0.0221. The number of alkyl halides is 3. The molecule has 1 amide bonds. The van der Waals surface area contributed by atoms with Crippen LogP contribution in [0, 0.1) is 6.92 Å². The van der Waals surface area contributed by atoms with Crippen molar-refractivity contribution in [3.63, 3.8) is 0 Å². The quantitative estimate of drug-likeness (QED) is 0.423. The number of carbonyl (C=O) groups is 1. The van der Waals surface area contributed by atoms with Gasteiger partial charge >= 0.3 is 6.36 Å². The summed E-state index contributed by atoms with van der Waals surface area (Å²) in [4.78, 5) is 14.5. The summed E-state index contributed by atoms with van der Waals surface area (Å²) in [5, 5.41) is 4.42. The van der Waals surface area contributed by atoms with E-state index in [-0.39, 0.29) is 11.5 Å². The molecule has 1 aliphatic rings. The molecule has 1 aromatic heterocycles. The molecule has 0 aliphatic carbocycles. The topological polar surface area (TPSA) is 47.4 Å². The second kappa shape index (κ2) is 9.70. The smallest absolute Gasteiger partial charge is 0.406 e. The number of likely N-dealkylation sites (tertiary alicyclic amines) is 1. The number of aryl methyl sites for hydroxylation is 1. The molecule has 4 rings (SSSR count). The van der Waals surface area contributed by atoms with Gasteiger partial charge in [0.2, 0.25) is 0 Å². The van der Waals surface area contributed by atoms with Gasteiger partial charge in [-0.15, -0.1) is 13.2 Å². The monoisotopic (exact) mass is 473 g/mol. The lowest BCUT2D eigenvalue weighted by Crippen LogP contribution is -2.27. The maximum atomic E-state index is 14.7. The Morgan fingerprint density at radius 3 is 2.44 bits per heavy atom. The average molecular weight is 473 g/mol. The van der Waals surface area contributed by atoms with Crippen LogP contribution < -0.4 is 4.74 Å². The van der Waals surface area contributed by atoms with Gasteiger partial charge in [0, 0.05) is 36.0 Å². The van der Waals surface area contributed by atoms with Crippen LogP contribution in [0.25, 0.3) is 11.9 Å². The average Bonchev–Trinajstić information content (AvgIpc) is 3.43. The first-order valence-electron chi connectivity index (χ1n) is 10.8. The lowest BCUT2D eigenvalue weighted by Gasteiger charge is -2.15. The number of hydrogen-bond donors (Lipinski definition) is 0. The summed E-state index contributed by atoms with van der Waals surface area (Å²) in [6.45, 7) is 3.80. The molecule has 1 saturated heterocycles. The fourth-order valence-electron chi connectivity index (χ4n) is 3.87. The van der Waals surface area contributed by atoms with Crippen molar-refractivity contribution >= 4 is 17.8 Å². The Labute approximate surface area is 194 Å². The summed E-state index contributed by atoms with van der Waals surface area (Å²) in [7, 11) is 0. The predicted octanol–water partition coefficient (Wildman–Crippen LogP) is 5.84. The third-order valence-corrected chi connectivity index (χ3v) is 5.54. The number of nitrogens with zero attached hydrogens (tertiary/aromatic N) is 3. The molecule has 178 valence electrons. The maximum Gasteiger partial charge on any atom is 0.573 e. The number of carbonyl (C=O) groups excluding carboxylic acids is 1. The van der Waals surface area contributed by atoms with Crippen LogP contribution in [0.3, 0.4) is 0 Å². The van der Waals surface area contributed by atoms with Crippen molar-refractivity contribution in [3.05, 3.63) is 82.7 Å². The standard InChI is InChI=1S/C25H23F4N3O2/c1-17-13-21(15-23(26)19-7-9-22(10-8-19)34-25(27,28)29)30-32(17)16-18-5-4-6-20(14-18)24(33)31-11-2-3-12-31/h4-10,13-15H,2-3,11-12,16H2,1H3/b23-15-. The van der Waals surface area contributed by atoms with E-state index in [0.717, 1.165) is 49.3 Å². The van der Waals surface area contributed by atoms with Gasteiger partial charge in [0.1, 0.15) is 11.6 Å². The zero-order valence-corrected chi connectivity index (χ0v) is 18.5. The van der Waals surface area contributed by atoms with Crippen LogP contribution in [-0.2, 0) is 6.54 Å². The zero-order chi connectivity index (χ0) is 24.3. The van der Waals surface area contributed by atoms with Crippen molar-refractivity contribution in [1.82, 2.24) is 14.7 Å². The fraction of sp³-hybridized carbons (Fsp3) is 0.280. The molecule has 0 bridgehead atoms. The Bertz CT molecular complexity index is 1190. The van der Waals surface area contributed by atoms with Crippen molar-refractivity contribution < 1.29 is 27.1 Å². The number of halogens is 4. The molecule has 0 radical (unpaired) electrons. The van der Waals surface area contributed by atoms with Crippen LogP contribution in [0.5, 0.6) is 5.75 Å². The van der Waals surface area contributed by atoms with Crippen LogP contribution in [0.1, 0.15) is 45.7 Å². The van der Waals surface area contributed by atoms with Crippen molar-refractivity contribution in [2.24, 2.45) is 0 Å². The first-order valence-corrected chi connectivity index (χ1v) is 10.8. The molecule has 1 aliphatic heterocycles. The number of hydrogen-bond acceptors (Lipinski definition) is 3. The van der Waals surface area contributed by atoms with Crippen LogP contribution >= 0.6 is 0 Å². The Morgan fingerprint density at radius 1 is 1.06 bits per heavy atom. The Kier molecular flexibility index (Phi) is 6.72. The van der Waals surface area contributed by atoms with Crippen molar-refractivity contribution in [1.29, 1.82) is 0 Å². The highest BCUT2D eigenvalue weighted by molar-refractivity contribution is 5.94. The highest BCUT2D eigenvalue weighted by Crippen LogP contribution is 2.26. The first kappa shape index (κ1) is 23.5. The molecule has 3 aromatic rings. The molecule has 5 nitrogen and oxygen atoms in total. The molecule has 34 heavy (non-hydrogen) atoms. The predicted molar refractivity (Wildman–Crippen MR) is 120 cm³/mol. The fourth-order valence-corrected chi connectivity index (χ4v) is 3.87. The molecule has 0 saturated carbocycles. The normalized spacial score (nSPS) is 14.5. The molecule has 2 heterocycles. The van der Waals surface area contributed by atoms with E-state index in [1.165, 1.54) is 18.2 Å². The van der Waals surface area contributed by atoms with Gasteiger partial charge in [0.15, 0.2) is 0 Å². The lowest BCUT2D eigenvalue weighted by atomic mass is 10.1. The Morgan fingerprint density at radius 2 is 1.76 bits per heavy atom.